The van der Waals surface area contributed by atoms with E-state index >= 15 is 0 Å². The Morgan fingerprint density at radius 2 is 1.84 bits per heavy atom. The number of phenols is 1. The lowest BCUT2D eigenvalue weighted by Gasteiger charge is -2.08. The van der Waals surface area contributed by atoms with Gasteiger partial charge in [-0.15, -0.1) is 0 Å². The number of nitrogen functional groups attached to an aromatic ring is 1. The van der Waals surface area contributed by atoms with Crippen LogP contribution >= 0.6 is 31.9 Å². The lowest BCUT2D eigenvalue weighted by Crippen LogP contribution is -2.12. The summed E-state index contributed by atoms with van der Waals surface area (Å²) in [6.45, 7) is 0. The molecule has 0 aromatic heterocycles. The van der Waals surface area contributed by atoms with Gasteiger partial charge in [-0.1, -0.05) is 0 Å². The molecule has 0 spiro atoms. The highest BCUT2D eigenvalue weighted by Gasteiger charge is 2.10. The van der Waals surface area contributed by atoms with Crippen LogP contribution in [0.25, 0.3) is 0 Å². The van der Waals surface area contributed by atoms with E-state index < -0.39 is 0 Å². The largest absolute Gasteiger partial charge is 0.507 e. The number of nitrogens with two attached hydrogens (primary N) is 1. The summed E-state index contributed by atoms with van der Waals surface area (Å²) in [7, 11) is 0. The summed E-state index contributed by atoms with van der Waals surface area (Å²) in [6.07, 6.45) is 0. The Morgan fingerprint density at radius 1 is 1.11 bits per heavy atom. The number of hydrogen-bond donors (Lipinski definition) is 3. The summed E-state index contributed by atoms with van der Waals surface area (Å²) in [5, 5.41) is 12.3. The molecule has 0 atom stereocenters. The van der Waals surface area contributed by atoms with Crippen molar-refractivity contribution in [2.24, 2.45) is 0 Å². The lowest BCUT2D eigenvalue weighted by atomic mass is 10.2. The predicted molar refractivity (Wildman–Crippen MR) is 82.3 cm³/mol. The van der Waals surface area contributed by atoms with Gasteiger partial charge in [-0.25, -0.2) is 0 Å². The molecular weight excluding hydrogens is 376 g/mol. The van der Waals surface area contributed by atoms with Crippen LogP contribution in [-0.2, 0) is 0 Å². The number of amides is 1. The number of anilines is 2. The van der Waals surface area contributed by atoms with Crippen molar-refractivity contribution < 1.29 is 9.90 Å². The number of carbonyl (C=O) groups excluding carboxylic acids is 1. The van der Waals surface area contributed by atoms with Crippen molar-refractivity contribution in [1.82, 2.24) is 0 Å². The molecule has 0 radical (unpaired) electrons. The zero-order valence-electron chi connectivity index (χ0n) is 9.65. The van der Waals surface area contributed by atoms with Gasteiger partial charge in [0.1, 0.15) is 5.75 Å². The minimum atomic E-state index is -0.312. The van der Waals surface area contributed by atoms with Crippen molar-refractivity contribution in [3.05, 3.63) is 50.9 Å². The quantitative estimate of drug-likeness (QED) is 0.689. The van der Waals surface area contributed by atoms with E-state index in [1.165, 1.54) is 6.07 Å². The zero-order chi connectivity index (χ0) is 14.0. The highest BCUT2D eigenvalue weighted by atomic mass is 79.9. The third kappa shape index (κ3) is 3.27. The van der Waals surface area contributed by atoms with Gasteiger partial charge in [0, 0.05) is 15.7 Å². The second-order valence-electron chi connectivity index (χ2n) is 3.86. The molecule has 0 saturated heterocycles. The third-order valence-electron chi connectivity index (χ3n) is 2.45. The van der Waals surface area contributed by atoms with Crippen molar-refractivity contribution in [3.8, 4) is 5.75 Å². The Labute approximate surface area is 126 Å². The van der Waals surface area contributed by atoms with E-state index in [2.05, 4.69) is 37.2 Å². The van der Waals surface area contributed by atoms with Gasteiger partial charge in [0.05, 0.1) is 10.2 Å². The number of aromatic hydroxyl groups is 1. The topological polar surface area (TPSA) is 75.3 Å². The molecule has 98 valence electrons. The Balaban J connectivity index is 2.23. The molecule has 4 N–H and O–H groups in total. The van der Waals surface area contributed by atoms with Gasteiger partial charge in [0.2, 0.25) is 0 Å². The summed E-state index contributed by atoms with van der Waals surface area (Å²) in [5.74, 6) is -0.294. The predicted octanol–water partition coefficient (Wildman–Crippen LogP) is 3.75. The van der Waals surface area contributed by atoms with Crippen LogP contribution < -0.4 is 11.1 Å². The standard InChI is InChI=1S/C13H10Br2N2O2/c14-9-3-1-7(5-12(9)18)13(19)17-11-4-2-8(16)6-10(11)15/h1-6,18H,16H2,(H,17,19). The first-order chi connectivity index (χ1) is 8.97. The second-order valence-corrected chi connectivity index (χ2v) is 5.57. The third-order valence-corrected chi connectivity index (χ3v) is 3.78. The van der Waals surface area contributed by atoms with Crippen LogP contribution in [0.15, 0.2) is 45.3 Å². The SMILES string of the molecule is Nc1ccc(NC(=O)c2ccc(Br)c(O)c2)c(Br)c1. The van der Waals surface area contributed by atoms with Crippen molar-refractivity contribution in [3.63, 3.8) is 0 Å². The van der Waals surface area contributed by atoms with Crippen molar-refractivity contribution >= 4 is 49.1 Å². The smallest absolute Gasteiger partial charge is 0.255 e. The molecule has 0 bridgehead atoms. The van der Waals surface area contributed by atoms with E-state index in [1.54, 1.807) is 30.3 Å². The molecule has 0 unspecified atom stereocenters. The number of carbonyl (C=O) groups is 1. The first-order valence-corrected chi connectivity index (χ1v) is 6.91. The molecule has 2 rings (SSSR count). The maximum absolute atomic E-state index is 12.0. The molecule has 6 heteroatoms. The summed E-state index contributed by atoms with van der Waals surface area (Å²) in [4.78, 5) is 12.0. The molecule has 19 heavy (non-hydrogen) atoms. The van der Waals surface area contributed by atoms with Crippen LogP contribution in [0.3, 0.4) is 0 Å². The molecule has 2 aromatic rings. The summed E-state index contributed by atoms with van der Waals surface area (Å²) in [5.41, 5.74) is 7.21. The number of hydrogen-bond acceptors (Lipinski definition) is 3. The summed E-state index contributed by atoms with van der Waals surface area (Å²) >= 11 is 6.48. The van der Waals surface area contributed by atoms with E-state index in [4.69, 9.17) is 5.73 Å². The second kappa shape index (κ2) is 5.63. The first-order valence-electron chi connectivity index (χ1n) is 5.32. The van der Waals surface area contributed by atoms with Crippen LogP contribution in [0.5, 0.6) is 5.75 Å². The average molecular weight is 386 g/mol. The van der Waals surface area contributed by atoms with Gasteiger partial charge in [0.15, 0.2) is 0 Å². The van der Waals surface area contributed by atoms with Crippen LogP contribution in [0.1, 0.15) is 10.4 Å². The van der Waals surface area contributed by atoms with Gasteiger partial charge < -0.3 is 16.2 Å². The van der Waals surface area contributed by atoms with Crippen LogP contribution in [0.2, 0.25) is 0 Å². The Kier molecular flexibility index (Phi) is 4.11. The van der Waals surface area contributed by atoms with E-state index in [1.807, 2.05) is 0 Å². The van der Waals surface area contributed by atoms with Gasteiger partial charge in [-0.05, 0) is 68.3 Å². The summed E-state index contributed by atoms with van der Waals surface area (Å²) in [6, 6.07) is 9.72. The molecule has 0 aliphatic rings. The molecule has 2 aromatic carbocycles. The van der Waals surface area contributed by atoms with E-state index in [-0.39, 0.29) is 11.7 Å². The van der Waals surface area contributed by atoms with E-state index in [9.17, 15) is 9.90 Å². The highest BCUT2D eigenvalue weighted by molar-refractivity contribution is 9.11. The minimum Gasteiger partial charge on any atom is -0.507 e. The lowest BCUT2D eigenvalue weighted by molar-refractivity contribution is 0.102. The Morgan fingerprint density at radius 3 is 2.47 bits per heavy atom. The summed E-state index contributed by atoms with van der Waals surface area (Å²) < 4.78 is 1.24. The number of halogens is 2. The molecule has 0 aliphatic carbocycles. The Hall–Kier alpha value is -1.53. The van der Waals surface area contributed by atoms with Gasteiger partial charge in [-0.3, -0.25) is 4.79 Å². The fourth-order valence-corrected chi connectivity index (χ4v) is 2.22. The fourth-order valence-electron chi connectivity index (χ4n) is 1.48. The monoisotopic (exact) mass is 384 g/mol. The number of nitrogens with one attached hydrogen (secondary N) is 1. The van der Waals surface area contributed by atoms with Crippen LogP contribution in [-0.4, -0.2) is 11.0 Å². The van der Waals surface area contributed by atoms with Crippen LogP contribution in [0, 0.1) is 0 Å². The van der Waals surface area contributed by atoms with Crippen molar-refractivity contribution in [2.45, 2.75) is 0 Å². The molecular formula is C13H10Br2N2O2. The van der Waals surface area contributed by atoms with Crippen molar-refractivity contribution in [2.75, 3.05) is 11.1 Å². The molecule has 1 amide bonds. The molecule has 0 aliphatic heterocycles. The maximum atomic E-state index is 12.0. The molecule has 4 nitrogen and oxygen atoms in total. The number of benzene rings is 2. The molecule has 0 saturated carbocycles. The minimum absolute atomic E-state index is 0.0176. The average Bonchev–Trinajstić information content (AvgIpc) is 2.36. The Bertz CT molecular complexity index is 645. The van der Waals surface area contributed by atoms with Gasteiger partial charge in [-0.2, -0.15) is 0 Å². The molecule has 0 fully saturated rings. The van der Waals surface area contributed by atoms with E-state index in [0.29, 0.717) is 25.9 Å². The number of rotatable bonds is 2. The van der Waals surface area contributed by atoms with Gasteiger partial charge in [0.25, 0.3) is 5.91 Å². The van der Waals surface area contributed by atoms with Crippen LogP contribution in [0.4, 0.5) is 11.4 Å². The normalized spacial score (nSPS) is 10.2. The molecule has 0 heterocycles. The maximum Gasteiger partial charge on any atom is 0.255 e. The van der Waals surface area contributed by atoms with Gasteiger partial charge >= 0.3 is 0 Å². The number of phenolic OH excluding ortho intramolecular Hbond substituents is 1. The first kappa shape index (κ1) is 13.9. The van der Waals surface area contributed by atoms with E-state index in [0.717, 1.165) is 0 Å². The zero-order valence-corrected chi connectivity index (χ0v) is 12.8. The highest BCUT2D eigenvalue weighted by Crippen LogP contribution is 2.27. The fraction of sp³-hybridized carbons (Fsp3) is 0. The van der Waals surface area contributed by atoms with Crippen molar-refractivity contribution in [1.29, 1.82) is 0 Å².